The molecule has 0 aromatic rings. The molecule has 0 heterocycles. The molecule has 0 aromatic carbocycles. The second-order valence-electron chi connectivity index (χ2n) is 2.61. The molecule has 54 valence electrons. The fourth-order valence-corrected chi connectivity index (χ4v) is 0.667. The number of hydrogen-bond donors (Lipinski definition) is 1. The van der Waals surface area contributed by atoms with Gasteiger partial charge in [0.15, 0.2) is 0 Å². The Morgan fingerprint density at radius 1 is 1.44 bits per heavy atom. The van der Waals surface area contributed by atoms with Crippen LogP contribution in [0.3, 0.4) is 0 Å². The monoisotopic (exact) mass is 127 g/mol. The molecule has 1 nitrogen and oxygen atoms in total. The van der Waals surface area contributed by atoms with E-state index in [4.69, 9.17) is 5.73 Å². The Kier molecular flexibility index (Phi) is 3.55. The van der Waals surface area contributed by atoms with Crippen LogP contribution in [0.5, 0.6) is 0 Å². The van der Waals surface area contributed by atoms with Crippen molar-refractivity contribution in [2.24, 2.45) is 5.73 Å². The zero-order chi connectivity index (χ0) is 7.44. The first-order valence-corrected chi connectivity index (χ1v) is 3.51. The van der Waals surface area contributed by atoms with Gasteiger partial charge in [-0.25, -0.2) is 0 Å². The van der Waals surface area contributed by atoms with Gasteiger partial charge in [-0.15, -0.1) is 0 Å². The molecule has 0 rings (SSSR count). The van der Waals surface area contributed by atoms with E-state index in [1.54, 1.807) is 0 Å². The lowest BCUT2D eigenvalue weighted by atomic mass is 10.0. The largest absolute Gasteiger partial charge is 0.324 e. The molecule has 0 spiro atoms. The predicted molar refractivity (Wildman–Crippen MR) is 42.3 cm³/mol. The van der Waals surface area contributed by atoms with Crippen molar-refractivity contribution in [1.82, 2.24) is 0 Å². The molecule has 2 N–H and O–H groups in total. The van der Waals surface area contributed by atoms with Gasteiger partial charge in [-0.2, -0.15) is 0 Å². The van der Waals surface area contributed by atoms with Crippen molar-refractivity contribution < 1.29 is 0 Å². The maximum absolute atomic E-state index is 5.65. The third-order valence-corrected chi connectivity index (χ3v) is 1.89. The van der Waals surface area contributed by atoms with Crippen LogP contribution in [0, 0.1) is 0 Å². The summed E-state index contributed by atoms with van der Waals surface area (Å²) in [6, 6.07) is 0.227. The summed E-state index contributed by atoms with van der Waals surface area (Å²) in [7, 11) is 0. The fraction of sp³-hybridized carbons (Fsp3) is 0.750. The third kappa shape index (κ3) is 2.66. The smallest absolute Gasteiger partial charge is 0.0224 e. The minimum atomic E-state index is 0.227. The summed E-state index contributed by atoms with van der Waals surface area (Å²) in [5.41, 5.74) is 8.41. The molecule has 1 atom stereocenters. The summed E-state index contributed by atoms with van der Waals surface area (Å²) < 4.78 is 0. The Morgan fingerprint density at radius 2 is 1.89 bits per heavy atom. The SMILES string of the molecule is CCC(C)=C(C)C(C)N. The molecule has 0 aliphatic heterocycles. The summed E-state index contributed by atoms with van der Waals surface area (Å²) in [5.74, 6) is 0. The van der Waals surface area contributed by atoms with Crippen molar-refractivity contribution in [3.05, 3.63) is 11.1 Å². The average molecular weight is 127 g/mol. The molecular formula is C8H17N. The van der Waals surface area contributed by atoms with Crippen LogP contribution in [-0.4, -0.2) is 6.04 Å². The molecule has 0 saturated carbocycles. The first kappa shape index (κ1) is 8.70. The zero-order valence-electron chi connectivity index (χ0n) is 6.86. The van der Waals surface area contributed by atoms with Gasteiger partial charge in [0.05, 0.1) is 0 Å². The van der Waals surface area contributed by atoms with Gasteiger partial charge in [0, 0.05) is 6.04 Å². The van der Waals surface area contributed by atoms with Crippen molar-refractivity contribution in [1.29, 1.82) is 0 Å². The minimum absolute atomic E-state index is 0.227. The first-order chi connectivity index (χ1) is 4.09. The van der Waals surface area contributed by atoms with Crippen LogP contribution in [0.15, 0.2) is 11.1 Å². The zero-order valence-corrected chi connectivity index (χ0v) is 6.86. The molecule has 0 aliphatic rings. The fourth-order valence-electron chi connectivity index (χ4n) is 0.667. The lowest BCUT2D eigenvalue weighted by Gasteiger charge is -2.08. The molecule has 0 aromatic heterocycles. The summed E-state index contributed by atoms with van der Waals surface area (Å²) >= 11 is 0. The van der Waals surface area contributed by atoms with Crippen molar-refractivity contribution in [2.75, 3.05) is 0 Å². The van der Waals surface area contributed by atoms with Crippen molar-refractivity contribution in [2.45, 2.75) is 40.2 Å². The van der Waals surface area contributed by atoms with Crippen LogP contribution in [0.1, 0.15) is 34.1 Å². The number of hydrogen-bond acceptors (Lipinski definition) is 1. The maximum atomic E-state index is 5.65. The third-order valence-electron chi connectivity index (χ3n) is 1.89. The highest BCUT2D eigenvalue weighted by atomic mass is 14.6. The van der Waals surface area contributed by atoms with Crippen molar-refractivity contribution in [3.63, 3.8) is 0 Å². The highest BCUT2D eigenvalue weighted by molar-refractivity contribution is 5.13. The highest BCUT2D eigenvalue weighted by Crippen LogP contribution is 2.08. The highest BCUT2D eigenvalue weighted by Gasteiger charge is 1.98. The Hall–Kier alpha value is -0.300. The molecule has 0 bridgehead atoms. The van der Waals surface area contributed by atoms with Crippen LogP contribution >= 0.6 is 0 Å². The lowest BCUT2D eigenvalue weighted by molar-refractivity contribution is 0.831. The van der Waals surface area contributed by atoms with Gasteiger partial charge >= 0.3 is 0 Å². The molecule has 0 radical (unpaired) electrons. The molecule has 0 saturated heterocycles. The minimum Gasteiger partial charge on any atom is -0.324 e. The van der Waals surface area contributed by atoms with E-state index in [-0.39, 0.29) is 6.04 Å². The molecular weight excluding hydrogens is 110 g/mol. The van der Waals surface area contributed by atoms with E-state index in [0.29, 0.717) is 0 Å². The molecule has 1 unspecified atom stereocenters. The first-order valence-electron chi connectivity index (χ1n) is 3.51. The van der Waals surface area contributed by atoms with E-state index >= 15 is 0 Å². The van der Waals surface area contributed by atoms with E-state index in [1.165, 1.54) is 11.1 Å². The molecule has 9 heavy (non-hydrogen) atoms. The van der Waals surface area contributed by atoms with E-state index in [2.05, 4.69) is 20.8 Å². The number of nitrogens with two attached hydrogens (primary N) is 1. The van der Waals surface area contributed by atoms with Crippen LogP contribution in [0.2, 0.25) is 0 Å². The Balaban J connectivity index is 4.10. The van der Waals surface area contributed by atoms with Crippen LogP contribution < -0.4 is 5.73 Å². The van der Waals surface area contributed by atoms with Crippen LogP contribution in [0.4, 0.5) is 0 Å². The summed E-state index contributed by atoms with van der Waals surface area (Å²) in [6.45, 7) is 8.41. The summed E-state index contributed by atoms with van der Waals surface area (Å²) in [6.07, 6.45) is 1.12. The van der Waals surface area contributed by atoms with Crippen LogP contribution in [-0.2, 0) is 0 Å². The van der Waals surface area contributed by atoms with E-state index in [1.807, 2.05) is 6.92 Å². The van der Waals surface area contributed by atoms with Gasteiger partial charge in [-0.1, -0.05) is 18.1 Å². The van der Waals surface area contributed by atoms with Crippen molar-refractivity contribution >= 4 is 0 Å². The maximum Gasteiger partial charge on any atom is 0.0224 e. The quantitative estimate of drug-likeness (QED) is 0.565. The number of rotatable bonds is 2. The summed E-state index contributed by atoms with van der Waals surface area (Å²) in [4.78, 5) is 0. The lowest BCUT2D eigenvalue weighted by Crippen LogP contribution is -2.17. The molecule has 0 aliphatic carbocycles. The Morgan fingerprint density at radius 3 is 2.00 bits per heavy atom. The molecule has 0 amide bonds. The van der Waals surface area contributed by atoms with Gasteiger partial charge in [0.2, 0.25) is 0 Å². The van der Waals surface area contributed by atoms with Gasteiger partial charge in [-0.05, 0) is 27.2 Å². The van der Waals surface area contributed by atoms with Gasteiger partial charge < -0.3 is 5.73 Å². The van der Waals surface area contributed by atoms with Gasteiger partial charge in [-0.3, -0.25) is 0 Å². The van der Waals surface area contributed by atoms with Crippen molar-refractivity contribution in [3.8, 4) is 0 Å². The Bertz CT molecular complexity index is 112. The van der Waals surface area contributed by atoms with E-state index in [9.17, 15) is 0 Å². The second kappa shape index (κ2) is 3.67. The van der Waals surface area contributed by atoms with Gasteiger partial charge in [0.25, 0.3) is 0 Å². The molecule has 0 fully saturated rings. The normalized spacial score (nSPS) is 17.0. The standard InChI is InChI=1S/C8H17N/c1-5-6(2)7(3)8(4)9/h8H,5,9H2,1-4H3. The molecule has 1 heteroatoms. The average Bonchev–Trinajstić information content (AvgIpc) is 1.84. The van der Waals surface area contributed by atoms with E-state index in [0.717, 1.165) is 6.42 Å². The van der Waals surface area contributed by atoms with E-state index < -0.39 is 0 Å². The predicted octanol–water partition coefficient (Wildman–Crippen LogP) is 2.08. The van der Waals surface area contributed by atoms with Crippen LogP contribution in [0.25, 0.3) is 0 Å². The Labute approximate surface area is 57.9 Å². The van der Waals surface area contributed by atoms with Gasteiger partial charge in [0.1, 0.15) is 0 Å². The number of allylic oxidation sites excluding steroid dienone is 1. The second-order valence-corrected chi connectivity index (χ2v) is 2.61. The topological polar surface area (TPSA) is 26.0 Å². The summed E-state index contributed by atoms with van der Waals surface area (Å²) in [5, 5.41) is 0.